The highest BCUT2D eigenvalue weighted by molar-refractivity contribution is 5.94. The third-order valence-electron chi connectivity index (χ3n) is 3.74. The van der Waals surface area contributed by atoms with E-state index in [1.54, 1.807) is 17.1 Å². The van der Waals surface area contributed by atoms with Crippen LogP contribution in [0.25, 0.3) is 5.69 Å². The molecule has 1 aromatic carbocycles. The number of hydrogen-bond donors (Lipinski definition) is 1. The van der Waals surface area contributed by atoms with E-state index < -0.39 is 0 Å². The molecule has 0 spiro atoms. The number of carbonyl (C=O) groups is 2. The van der Waals surface area contributed by atoms with Gasteiger partial charge in [-0.3, -0.25) is 9.59 Å². The third-order valence-corrected chi connectivity index (χ3v) is 3.74. The van der Waals surface area contributed by atoms with Crippen molar-refractivity contribution in [2.24, 2.45) is 0 Å². The molecule has 2 aromatic rings. The lowest BCUT2D eigenvalue weighted by Gasteiger charge is -2.21. The van der Waals surface area contributed by atoms with Gasteiger partial charge in [0.25, 0.3) is 5.91 Å². The number of amides is 1. The molecule has 1 heterocycles. The van der Waals surface area contributed by atoms with Crippen molar-refractivity contribution in [3.05, 3.63) is 48.3 Å². The number of hydrogen-bond acceptors (Lipinski definition) is 3. The van der Waals surface area contributed by atoms with Gasteiger partial charge in [0, 0.05) is 25.1 Å². The topological polar surface area (TPSA) is 64.0 Å². The third kappa shape index (κ3) is 3.18. The number of rotatable bonds is 3. The zero-order chi connectivity index (χ0) is 14.7. The molecule has 0 radical (unpaired) electrons. The van der Waals surface area contributed by atoms with Gasteiger partial charge in [-0.1, -0.05) is 18.2 Å². The summed E-state index contributed by atoms with van der Waals surface area (Å²) in [5.74, 6) is 0.161. The van der Waals surface area contributed by atoms with Crippen LogP contribution in [-0.4, -0.2) is 27.5 Å². The van der Waals surface area contributed by atoms with Gasteiger partial charge in [0.2, 0.25) is 0 Å². The molecule has 0 unspecified atom stereocenters. The molecule has 1 N–H and O–H groups in total. The molecule has 1 fully saturated rings. The Morgan fingerprint density at radius 2 is 1.90 bits per heavy atom. The van der Waals surface area contributed by atoms with Gasteiger partial charge in [0.15, 0.2) is 0 Å². The van der Waals surface area contributed by atoms with Gasteiger partial charge >= 0.3 is 0 Å². The minimum absolute atomic E-state index is 0.0928. The Balaban J connectivity index is 1.66. The Morgan fingerprint density at radius 3 is 2.62 bits per heavy atom. The quantitative estimate of drug-likeness (QED) is 0.938. The largest absolute Gasteiger partial charge is 0.349 e. The highest BCUT2D eigenvalue weighted by atomic mass is 16.2. The number of nitrogens with zero attached hydrogens (tertiary/aromatic N) is 2. The molecule has 1 saturated carbocycles. The van der Waals surface area contributed by atoms with E-state index in [9.17, 15) is 9.59 Å². The SMILES string of the molecule is O=C1CCC(NC(=O)c2cnn(-c3ccccc3)c2)CC1. The fourth-order valence-electron chi connectivity index (χ4n) is 2.51. The molecule has 0 atom stereocenters. The van der Waals surface area contributed by atoms with Gasteiger partial charge in [-0.25, -0.2) is 4.68 Å². The van der Waals surface area contributed by atoms with E-state index >= 15 is 0 Å². The minimum Gasteiger partial charge on any atom is -0.349 e. The van der Waals surface area contributed by atoms with Crippen LogP contribution in [0, 0.1) is 0 Å². The second-order valence-electron chi connectivity index (χ2n) is 5.30. The smallest absolute Gasteiger partial charge is 0.254 e. The first-order valence-corrected chi connectivity index (χ1v) is 7.15. The van der Waals surface area contributed by atoms with E-state index in [0.717, 1.165) is 18.5 Å². The summed E-state index contributed by atoms with van der Waals surface area (Å²) in [4.78, 5) is 23.4. The second kappa shape index (κ2) is 5.91. The first kappa shape index (κ1) is 13.5. The van der Waals surface area contributed by atoms with E-state index in [2.05, 4.69) is 10.4 Å². The maximum Gasteiger partial charge on any atom is 0.254 e. The first-order chi connectivity index (χ1) is 10.2. The fourth-order valence-corrected chi connectivity index (χ4v) is 2.51. The Morgan fingerprint density at radius 1 is 1.19 bits per heavy atom. The van der Waals surface area contributed by atoms with E-state index in [1.165, 1.54) is 0 Å². The van der Waals surface area contributed by atoms with Crippen LogP contribution in [0.5, 0.6) is 0 Å². The molecule has 0 aliphatic heterocycles. The fraction of sp³-hybridized carbons (Fsp3) is 0.312. The van der Waals surface area contributed by atoms with Crippen LogP contribution in [0.1, 0.15) is 36.0 Å². The molecule has 1 amide bonds. The monoisotopic (exact) mass is 283 g/mol. The average molecular weight is 283 g/mol. The van der Waals surface area contributed by atoms with Gasteiger partial charge in [-0.2, -0.15) is 5.10 Å². The van der Waals surface area contributed by atoms with Crippen LogP contribution >= 0.6 is 0 Å². The summed E-state index contributed by atoms with van der Waals surface area (Å²) in [6, 6.07) is 9.75. The van der Waals surface area contributed by atoms with Gasteiger partial charge < -0.3 is 5.32 Å². The second-order valence-corrected chi connectivity index (χ2v) is 5.30. The van der Waals surface area contributed by atoms with Crippen molar-refractivity contribution >= 4 is 11.7 Å². The molecule has 1 aliphatic rings. The number of para-hydroxylation sites is 1. The first-order valence-electron chi connectivity index (χ1n) is 7.15. The van der Waals surface area contributed by atoms with E-state index in [1.807, 2.05) is 30.3 Å². The van der Waals surface area contributed by atoms with Crippen LogP contribution in [0.15, 0.2) is 42.7 Å². The van der Waals surface area contributed by atoms with Crippen molar-refractivity contribution in [1.29, 1.82) is 0 Å². The summed E-state index contributed by atoms with van der Waals surface area (Å²) in [7, 11) is 0. The molecule has 108 valence electrons. The summed E-state index contributed by atoms with van der Waals surface area (Å²) in [5, 5.41) is 7.19. The molecule has 0 saturated heterocycles. The molecule has 1 aliphatic carbocycles. The number of benzene rings is 1. The predicted octanol–water partition coefficient (Wildman–Crippen LogP) is 2.11. The van der Waals surface area contributed by atoms with E-state index in [0.29, 0.717) is 18.4 Å². The standard InChI is InChI=1S/C16H17N3O2/c20-15-8-6-13(7-9-15)18-16(21)12-10-17-19(11-12)14-4-2-1-3-5-14/h1-5,10-11,13H,6-9H2,(H,18,21). The molecule has 3 rings (SSSR count). The van der Waals surface area contributed by atoms with Gasteiger partial charge in [0.05, 0.1) is 17.4 Å². The zero-order valence-corrected chi connectivity index (χ0v) is 11.7. The lowest BCUT2D eigenvalue weighted by molar-refractivity contribution is -0.120. The summed E-state index contributed by atoms with van der Waals surface area (Å²) in [5.41, 5.74) is 1.45. The molecule has 1 aromatic heterocycles. The van der Waals surface area contributed by atoms with Crippen LogP contribution in [-0.2, 0) is 4.79 Å². The van der Waals surface area contributed by atoms with Crippen molar-refractivity contribution in [3.8, 4) is 5.69 Å². The molecular formula is C16H17N3O2. The highest BCUT2D eigenvalue weighted by Crippen LogP contribution is 2.15. The molecule has 5 heteroatoms. The number of Topliss-reactive ketones (excluding diaryl/α,β-unsaturated/α-hetero) is 1. The maximum absolute atomic E-state index is 12.2. The van der Waals surface area contributed by atoms with E-state index in [-0.39, 0.29) is 17.7 Å². The summed E-state index contributed by atoms with van der Waals surface area (Å²) in [6.07, 6.45) is 5.88. The predicted molar refractivity (Wildman–Crippen MR) is 78.3 cm³/mol. The Hall–Kier alpha value is -2.43. The average Bonchev–Trinajstić information content (AvgIpc) is 3.00. The summed E-state index contributed by atoms with van der Waals surface area (Å²) >= 11 is 0. The Kier molecular flexibility index (Phi) is 3.81. The van der Waals surface area contributed by atoms with Crippen LogP contribution in [0.4, 0.5) is 0 Å². The Bertz CT molecular complexity index is 639. The van der Waals surface area contributed by atoms with Crippen molar-refractivity contribution in [3.63, 3.8) is 0 Å². The lowest BCUT2D eigenvalue weighted by atomic mass is 9.94. The van der Waals surface area contributed by atoms with Crippen LogP contribution in [0.3, 0.4) is 0 Å². The maximum atomic E-state index is 12.2. The number of nitrogens with one attached hydrogen (secondary N) is 1. The van der Waals surface area contributed by atoms with E-state index in [4.69, 9.17) is 0 Å². The summed E-state index contributed by atoms with van der Waals surface area (Å²) in [6.45, 7) is 0. The lowest BCUT2D eigenvalue weighted by Crippen LogP contribution is -2.37. The molecule has 21 heavy (non-hydrogen) atoms. The number of aromatic nitrogens is 2. The van der Waals surface area contributed by atoms with Crippen molar-refractivity contribution in [1.82, 2.24) is 15.1 Å². The normalized spacial score (nSPS) is 15.9. The molecule has 0 bridgehead atoms. The van der Waals surface area contributed by atoms with Crippen LogP contribution < -0.4 is 5.32 Å². The minimum atomic E-state index is -0.128. The van der Waals surface area contributed by atoms with Gasteiger partial charge in [-0.05, 0) is 25.0 Å². The van der Waals surface area contributed by atoms with Crippen molar-refractivity contribution in [2.45, 2.75) is 31.7 Å². The van der Waals surface area contributed by atoms with Crippen molar-refractivity contribution < 1.29 is 9.59 Å². The van der Waals surface area contributed by atoms with Gasteiger partial charge in [-0.15, -0.1) is 0 Å². The van der Waals surface area contributed by atoms with Gasteiger partial charge in [0.1, 0.15) is 5.78 Å². The van der Waals surface area contributed by atoms with Crippen molar-refractivity contribution in [2.75, 3.05) is 0 Å². The Labute approximate surface area is 123 Å². The summed E-state index contributed by atoms with van der Waals surface area (Å²) < 4.78 is 1.68. The highest BCUT2D eigenvalue weighted by Gasteiger charge is 2.21. The van der Waals surface area contributed by atoms with Crippen LogP contribution in [0.2, 0.25) is 0 Å². The zero-order valence-electron chi connectivity index (χ0n) is 11.7. The molecular weight excluding hydrogens is 266 g/mol. The number of carbonyl (C=O) groups excluding carboxylic acids is 2. The number of ketones is 1. The molecule has 5 nitrogen and oxygen atoms in total.